The van der Waals surface area contributed by atoms with Gasteiger partial charge in [0.1, 0.15) is 0 Å². The zero-order chi connectivity index (χ0) is 26.0. The van der Waals surface area contributed by atoms with Crippen LogP contribution in [-0.4, -0.2) is 68.8 Å². The van der Waals surface area contributed by atoms with Crippen molar-refractivity contribution in [3.05, 3.63) is 53.6 Å². The summed E-state index contributed by atoms with van der Waals surface area (Å²) < 4.78 is 29.2. The van der Waals surface area contributed by atoms with Crippen molar-refractivity contribution in [2.75, 3.05) is 45.2 Å². The molecular weight excluding hydrogens is 528 g/mol. The Morgan fingerprint density at radius 1 is 1.05 bits per heavy atom. The van der Waals surface area contributed by atoms with Crippen molar-refractivity contribution < 1.29 is 13.2 Å². The Bertz CT molecular complexity index is 1320. The Morgan fingerprint density at radius 2 is 1.70 bits per heavy atom. The minimum Gasteiger partial charge on any atom is -0.309 e. The van der Waals surface area contributed by atoms with E-state index >= 15 is 0 Å². The highest BCUT2D eigenvalue weighted by Crippen LogP contribution is 2.31. The van der Waals surface area contributed by atoms with Crippen LogP contribution in [0.1, 0.15) is 42.6 Å². The van der Waals surface area contributed by atoms with Gasteiger partial charge >= 0.3 is 0 Å². The average molecular weight is 565 g/mol. The molecule has 7 nitrogen and oxygen atoms in total. The number of hydrogen-bond acceptors (Lipinski definition) is 6. The number of halogens is 1. The van der Waals surface area contributed by atoms with E-state index in [0.717, 1.165) is 35.2 Å². The molecule has 1 saturated heterocycles. The third kappa shape index (κ3) is 6.89. The number of nitrogens with zero attached hydrogens (tertiary/aromatic N) is 4. The molecule has 0 N–H and O–H groups in total. The molecule has 1 aromatic heterocycles. The van der Waals surface area contributed by atoms with Crippen LogP contribution in [0.5, 0.6) is 0 Å². The summed E-state index contributed by atoms with van der Waals surface area (Å²) in [6.45, 7) is 8.66. The predicted molar refractivity (Wildman–Crippen MR) is 155 cm³/mol. The van der Waals surface area contributed by atoms with Gasteiger partial charge in [-0.25, -0.2) is 13.4 Å². The van der Waals surface area contributed by atoms with E-state index in [1.807, 2.05) is 33.2 Å². The number of aromatic nitrogens is 1. The largest absolute Gasteiger partial charge is 0.309 e. The number of hydrogen-bond donors (Lipinski definition) is 0. The summed E-state index contributed by atoms with van der Waals surface area (Å²) in [6.07, 6.45) is 1.83. The van der Waals surface area contributed by atoms with Gasteiger partial charge in [0.25, 0.3) is 5.91 Å². The Kier molecular flexibility index (Phi) is 9.74. The van der Waals surface area contributed by atoms with E-state index < -0.39 is 10.0 Å². The lowest BCUT2D eigenvalue weighted by atomic mass is 9.94. The van der Waals surface area contributed by atoms with E-state index in [0.29, 0.717) is 42.2 Å². The Labute approximate surface area is 230 Å². The molecule has 2 heterocycles. The third-order valence-electron chi connectivity index (χ3n) is 6.57. The summed E-state index contributed by atoms with van der Waals surface area (Å²) in [7, 11) is 0.424. The lowest BCUT2D eigenvalue weighted by molar-refractivity contribution is 0.0986. The van der Waals surface area contributed by atoms with Crippen LogP contribution in [0.25, 0.3) is 10.2 Å². The monoisotopic (exact) mass is 564 g/mol. The summed E-state index contributed by atoms with van der Waals surface area (Å²) in [5.74, 6) is 0.490. The Hall–Kier alpha value is -2.04. The zero-order valence-corrected chi connectivity index (χ0v) is 24.6. The van der Waals surface area contributed by atoms with E-state index in [1.165, 1.54) is 11.3 Å². The minimum atomic E-state index is -3.60. The number of piperidine rings is 1. The van der Waals surface area contributed by atoms with Crippen molar-refractivity contribution in [3.8, 4) is 0 Å². The first-order valence-electron chi connectivity index (χ1n) is 12.5. The van der Waals surface area contributed by atoms with Gasteiger partial charge in [0.2, 0.25) is 10.0 Å². The highest BCUT2D eigenvalue weighted by molar-refractivity contribution is 7.89. The van der Waals surface area contributed by atoms with E-state index in [9.17, 15) is 13.2 Å². The first-order chi connectivity index (χ1) is 17.0. The molecule has 3 aromatic rings. The van der Waals surface area contributed by atoms with Crippen LogP contribution in [0.3, 0.4) is 0 Å². The average Bonchev–Trinajstić information content (AvgIpc) is 3.23. The van der Waals surface area contributed by atoms with Gasteiger partial charge in [-0.05, 0) is 94.2 Å². The molecule has 10 heteroatoms. The quantitative estimate of drug-likeness (QED) is 0.371. The molecular formula is C27H37ClN4O3S2. The van der Waals surface area contributed by atoms with E-state index in [4.69, 9.17) is 4.98 Å². The van der Waals surface area contributed by atoms with E-state index in [2.05, 4.69) is 24.8 Å². The first kappa shape index (κ1) is 29.5. The van der Waals surface area contributed by atoms with Crippen molar-refractivity contribution in [1.82, 2.24) is 14.2 Å². The van der Waals surface area contributed by atoms with Crippen molar-refractivity contribution in [3.63, 3.8) is 0 Å². The van der Waals surface area contributed by atoms with E-state index in [1.54, 1.807) is 33.5 Å². The van der Waals surface area contributed by atoms with Crippen molar-refractivity contribution in [1.29, 1.82) is 0 Å². The molecule has 0 spiro atoms. The smallest absolute Gasteiger partial charge is 0.260 e. The van der Waals surface area contributed by atoms with Crippen LogP contribution >= 0.6 is 23.7 Å². The van der Waals surface area contributed by atoms with Crippen molar-refractivity contribution in [2.45, 2.75) is 38.5 Å². The zero-order valence-electron chi connectivity index (χ0n) is 22.2. The molecule has 2 aromatic carbocycles. The molecule has 1 aliphatic rings. The highest BCUT2D eigenvalue weighted by atomic mass is 35.5. The van der Waals surface area contributed by atoms with Gasteiger partial charge in [-0.1, -0.05) is 31.3 Å². The summed E-state index contributed by atoms with van der Waals surface area (Å²) in [6, 6.07) is 12.5. The number of anilines is 1. The van der Waals surface area contributed by atoms with Gasteiger partial charge in [0, 0.05) is 25.2 Å². The van der Waals surface area contributed by atoms with Crippen LogP contribution in [0.2, 0.25) is 0 Å². The maximum atomic E-state index is 13.6. The fourth-order valence-corrected chi connectivity index (χ4v) is 7.61. The molecule has 37 heavy (non-hydrogen) atoms. The predicted octanol–water partition coefficient (Wildman–Crippen LogP) is 5.29. The molecule has 0 aliphatic carbocycles. The molecule has 1 amide bonds. The summed E-state index contributed by atoms with van der Waals surface area (Å²) in [4.78, 5) is 22.4. The molecule has 0 bridgehead atoms. The van der Waals surface area contributed by atoms with Crippen LogP contribution in [-0.2, 0) is 10.0 Å². The molecule has 4 rings (SSSR count). The number of rotatable bonds is 8. The lowest BCUT2D eigenvalue weighted by Gasteiger charge is -2.34. The molecule has 202 valence electrons. The number of aryl methyl sites for hydroxylation is 1. The Morgan fingerprint density at radius 3 is 2.32 bits per heavy atom. The van der Waals surface area contributed by atoms with Gasteiger partial charge in [0.05, 0.1) is 15.1 Å². The fourth-order valence-electron chi connectivity index (χ4n) is 4.84. The molecule has 1 aliphatic heterocycles. The van der Waals surface area contributed by atoms with Gasteiger partial charge in [-0.2, -0.15) is 4.31 Å². The molecule has 2 unspecified atom stereocenters. The SMILES string of the molecule is Cc1ccc2nc(N(CCCN(C)C)C(=O)c3ccc(S(=O)(=O)N4CC(C)CC(C)C4)cc3)sc2c1.Cl. The van der Waals surface area contributed by atoms with Gasteiger partial charge < -0.3 is 4.90 Å². The van der Waals surface area contributed by atoms with Crippen LogP contribution < -0.4 is 4.90 Å². The first-order valence-corrected chi connectivity index (χ1v) is 14.7. The van der Waals surface area contributed by atoms with Crippen LogP contribution in [0, 0.1) is 18.8 Å². The number of fused-ring (bicyclic) bond motifs is 1. The number of thiazole rings is 1. The summed E-state index contributed by atoms with van der Waals surface area (Å²) >= 11 is 1.51. The van der Waals surface area contributed by atoms with Crippen molar-refractivity contribution >= 4 is 55.0 Å². The standard InChI is InChI=1S/C27H36N4O3S2.ClH/c1-19-7-12-24-25(16-19)35-27(28-24)31(14-6-13-29(4)5)26(32)22-8-10-23(11-9-22)36(33,34)30-17-20(2)15-21(3)18-30;/h7-12,16,20-21H,6,13-15,17-18H2,1-5H3;1H. The van der Waals surface area contributed by atoms with Crippen molar-refractivity contribution in [2.24, 2.45) is 11.8 Å². The maximum Gasteiger partial charge on any atom is 0.260 e. The number of carbonyl (C=O) groups excluding carboxylic acids is 1. The number of benzene rings is 2. The normalized spacial score (nSPS) is 18.6. The number of amides is 1. The fraction of sp³-hybridized carbons (Fsp3) is 0.481. The van der Waals surface area contributed by atoms with Gasteiger partial charge in [0.15, 0.2) is 5.13 Å². The maximum absolute atomic E-state index is 13.6. The van der Waals surface area contributed by atoms with Gasteiger partial charge in [-0.15, -0.1) is 12.4 Å². The van der Waals surface area contributed by atoms with Crippen LogP contribution in [0.15, 0.2) is 47.4 Å². The molecule has 0 radical (unpaired) electrons. The second kappa shape index (κ2) is 12.2. The van der Waals surface area contributed by atoms with Crippen LogP contribution in [0.4, 0.5) is 5.13 Å². The molecule has 1 fully saturated rings. The summed E-state index contributed by atoms with van der Waals surface area (Å²) in [5, 5.41) is 0.660. The lowest BCUT2D eigenvalue weighted by Crippen LogP contribution is -2.42. The van der Waals surface area contributed by atoms with E-state index in [-0.39, 0.29) is 23.2 Å². The second-order valence-corrected chi connectivity index (χ2v) is 13.3. The number of carbonyl (C=O) groups is 1. The number of sulfonamides is 1. The topological polar surface area (TPSA) is 73.8 Å². The second-order valence-electron chi connectivity index (χ2n) is 10.4. The van der Waals surface area contributed by atoms with Gasteiger partial charge in [-0.3, -0.25) is 9.69 Å². The highest BCUT2D eigenvalue weighted by Gasteiger charge is 2.32. The molecule has 0 saturated carbocycles. The Balaban J connectivity index is 0.00000380. The molecule has 2 atom stereocenters. The minimum absolute atomic E-state index is 0. The third-order valence-corrected chi connectivity index (χ3v) is 9.46. The summed E-state index contributed by atoms with van der Waals surface area (Å²) in [5.41, 5.74) is 2.48.